The summed E-state index contributed by atoms with van der Waals surface area (Å²) >= 11 is 3.97. The number of aromatic nitrogens is 3. The predicted molar refractivity (Wildman–Crippen MR) is 135 cm³/mol. The molecular weight excluding hydrogens is 486 g/mol. The van der Waals surface area contributed by atoms with Crippen LogP contribution in [0.2, 0.25) is 0 Å². The first kappa shape index (κ1) is 26.8. The Balaban J connectivity index is 1.79. The highest BCUT2D eigenvalue weighted by Gasteiger charge is 2.30. The third-order valence-corrected chi connectivity index (χ3v) is 6.00. The molecule has 13 heteroatoms. The van der Waals surface area contributed by atoms with Gasteiger partial charge in [0.2, 0.25) is 17.7 Å². The molecule has 0 saturated heterocycles. The molecule has 3 aromatic rings. The number of imidazole rings is 1. The van der Waals surface area contributed by atoms with Crippen LogP contribution >= 0.6 is 12.6 Å². The number of para-hydroxylation sites is 1. The summed E-state index contributed by atoms with van der Waals surface area (Å²) in [6, 6.07) is 3.18. The summed E-state index contributed by atoms with van der Waals surface area (Å²) in [6.45, 7) is 1.46. The predicted octanol–water partition coefficient (Wildman–Crippen LogP) is -0.508. The van der Waals surface area contributed by atoms with Gasteiger partial charge in [0.1, 0.15) is 18.1 Å². The molecule has 3 amide bonds. The number of aromatic amines is 2. The number of hydrogen-bond donors (Lipinski definition) is 8. The molecule has 0 bridgehead atoms. The van der Waals surface area contributed by atoms with Gasteiger partial charge in [0.15, 0.2) is 0 Å². The molecule has 36 heavy (non-hydrogen) atoms. The highest BCUT2D eigenvalue weighted by Crippen LogP contribution is 2.19. The number of rotatable bonds is 12. The van der Waals surface area contributed by atoms with Crippen LogP contribution in [0, 0.1) is 0 Å². The molecule has 0 radical (unpaired) electrons. The molecule has 0 aliphatic rings. The number of carbonyl (C=O) groups excluding carboxylic acids is 3. The topological polar surface area (TPSA) is 195 Å². The maximum atomic E-state index is 13.2. The van der Waals surface area contributed by atoms with Crippen LogP contribution in [-0.4, -0.2) is 73.7 Å². The first-order chi connectivity index (χ1) is 17.2. The van der Waals surface area contributed by atoms with Gasteiger partial charge < -0.3 is 36.8 Å². The zero-order valence-electron chi connectivity index (χ0n) is 19.5. The van der Waals surface area contributed by atoms with Crippen LogP contribution in [0.4, 0.5) is 0 Å². The van der Waals surface area contributed by atoms with Crippen LogP contribution in [0.5, 0.6) is 0 Å². The molecule has 0 fully saturated rings. The Kier molecular flexibility index (Phi) is 9.08. The van der Waals surface area contributed by atoms with E-state index in [4.69, 9.17) is 5.73 Å². The molecule has 0 spiro atoms. The largest absolute Gasteiger partial charge is 0.480 e. The lowest BCUT2D eigenvalue weighted by atomic mass is 10.0. The van der Waals surface area contributed by atoms with E-state index in [1.807, 2.05) is 24.3 Å². The number of nitrogens with two attached hydrogens (primary N) is 1. The van der Waals surface area contributed by atoms with Gasteiger partial charge in [-0.05, 0) is 18.6 Å². The Morgan fingerprint density at radius 3 is 2.42 bits per heavy atom. The fraction of sp³-hybridized carbons (Fsp3) is 0.348. The molecule has 12 nitrogen and oxygen atoms in total. The SMILES string of the molecule is CC(NC(=O)C(N)CS)C(=O)NC(Cc1c[nH]c2ccccc12)C(=O)NC(Cc1cnc[nH]1)C(=O)O. The zero-order valence-corrected chi connectivity index (χ0v) is 20.4. The number of aliphatic carboxylic acids is 1. The van der Waals surface area contributed by atoms with Crippen molar-refractivity contribution < 1.29 is 24.3 Å². The van der Waals surface area contributed by atoms with E-state index >= 15 is 0 Å². The standard InChI is InChI=1S/C23H29N7O5S/c1-12(28-21(32)16(24)10-36)20(31)29-18(6-13-8-26-17-5-3-2-4-15(13)17)22(33)30-19(23(34)35)7-14-9-25-11-27-14/h2-5,8-9,11-12,16,18-19,26,36H,6-7,10,24H2,1H3,(H,25,27)(H,28,32)(H,29,31)(H,30,33)(H,34,35). The van der Waals surface area contributed by atoms with Gasteiger partial charge in [0, 0.05) is 47.6 Å². The average molecular weight is 516 g/mol. The second-order valence-electron chi connectivity index (χ2n) is 8.32. The molecule has 4 unspecified atom stereocenters. The fourth-order valence-electron chi connectivity index (χ4n) is 3.58. The van der Waals surface area contributed by atoms with Crippen molar-refractivity contribution in [1.29, 1.82) is 0 Å². The van der Waals surface area contributed by atoms with Gasteiger partial charge in [-0.2, -0.15) is 12.6 Å². The lowest BCUT2D eigenvalue weighted by molar-refractivity contribution is -0.142. The van der Waals surface area contributed by atoms with E-state index < -0.39 is 47.9 Å². The second-order valence-corrected chi connectivity index (χ2v) is 8.69. The molecule has 192 valence electrons. The Morgan fingerprint density at radius 1 is 1.03 bits per heavy atom. The lowest BCUT2D eigenvalue weighted by Crippen LogP contribution is -2.57. The molecule has 2 heterocycles. The maximum Gasteiger partial charge on any atom is 0.326 e. The number of H-pyrrole nitrogens is 2. The number of nitrogens with zero attached hydrogens (tertiary/aromatic N) is 1. The minimum atomic E-state index is -1.26. The number of thiol groups is 1. The van der Waals surface area contributed by atoms with Crippen molar-refractivity contribution in [2.45, 2.75) is 43.9 Å². The smallest absolute Gasteiger partial charge is 0.326 e. The third-order valence-electron chi connectivity index (χ3n) is 5.61. The van der Waals surface area contributed by atoms with Crippen LogP contribution < -0.4 is 21.7 Å². The third kappa shape index (κ3) is 6.86. The van der Waals surface area contributed by atoms with Gasteiger partial charge in [-0.3, -0.25) is 14.4 Å². The first-order valence-electron chi connectivity index (χ1n) is 11.2. The number of benzene rings is 1. The second kappa shape index (κ2) is 12.2. The summed E-state index contributed by atoms with van der Waals surface area (Å²) in [4.78, 5) is 59.8. The first-order valence-corrected chi connectivity index (χ1v) is 11.9. The highest BCUT2D eigenvalue weighted by atomic mass is 32.1. The molecular formula is C23H29N7O5S. The van der Waals surface area contributed by atoms with Crippen LogP contribution in [-0.2, 0) is 32.0 Å². The number of carboxylic acid groups (broad SMARTS) is 1. The van der Waals surface area contributed by atoms with E-state index in [0.29, 0.717) is 5.69 Å². The van der Waals surface area contributed by atoms with Crippen molar-refractivity contribution >= 4 is 47.2 Å². The van der Waals surface area contributed by atoms with E-state index in [-0.39, 0.29) is 18.6 Å². The summed E-state index contributed by atoms with van der Waals surface area (Å²) in [5.41, 5.74) is 7.77. The van der Waals surface area contributed by atoms with Crippen molar-refractivity contribution in [2.24, 2.45) is 5.73 Å². The summed E-state index contributed by atoms with van der Waals surface area (Å²) in [6.07, 6.45) is 4.66. The summed E-state index contributed by atoms with van der Waals surface area (Å²) in [5, 5.41) is 18.1. The van der Waals surface area contributed by atoms with E-state index in [1.54, 1.807) is 6.20 Å². The van der Waals surface area contributed by atoms with Crippen molar-refractivity contribution in [3.63, 3.8) is 0 Å². The Morgan fingerprint density at radius 2 is 1.75 bits per heavy atom. The van der Waals surface area contributed by atoms with Gasteiger partial charge in [-0.15, -0.1) is 0 Å². The van der Waals surface area contributed by atoms with E-state index in [1.165, 1.54) is 19.4 Å². The van der Waals surface area contributed by atoms with Crippen molar-refractivity contribution in [3.05, 3.63) is 54.2 Å². The number of carboxylic acids is 1. The minimum absolute atomic E-state index is 0.0249. The zero-order chi connectivity index (χ0) is 26.2. The van der Waals surface area contributed by atoms with Crippen LogP contribution in [0.15, 0.2) is 43.0 Å². The van der Waals surface area contributed by atoms with Crippen LogP contribution in [0.3, 0.4) is 0 Å². The van der Waals surface area contributed by atoms with Gasteiger partial charge >= 0.3 is 5.97 Å². The number of fused-ring (bicyclic) bond motifs is 1. The van der Waals surface area contributed by atoms with E-state index in [9.17, 15) is 24.3 Å². The molecule has 0 aliphatic carbocycles. The monoisotopic (exact) mass is 515 g/mol. The normalized spacial score (nSPS) is 14.4. The molecule has 1 aromatic carbocycles. The van der Waals surface area contributed by atoms with Gasteiger partial charge in [0.25, 0.3) is 0 Å². The molecule has 0 aliphatic heterocycles. The Labute approximate surface area is 212 Å². The maximum absolute atomic E-state index is 13.2. The van der Waals surface area contributed by atoms with Gasteiger partial charge in [-0.1, -0.05) is 18.2 Å². The number of nitrogens with one attached hydrogen (secondary N) is 5. The summed E-state index contributed by atoms with van der Waals surface area (Å²) in [7, 11) is 0. The summed E-state index contributed by atoms with van der Waals surface area (Å²) in [5.74, 6) is -3.02. The average Bonchev–Trinajstić information content (AvgIpc) is 3.52. The molecule has 3 rings (SSSR count). The van der Waals surface area contributed by atoms with Crippen molar-refractivity contribution in [3.8, 4) is 0 Å². The molecule has 4 atom stereocenters. The van der Waals surface area contributed by atoms with Gasteiger partial charge in [0.05, 0.1) is 12.4 Å². The minimum Gasteiger partial charge on any atom is -0.480 e. The van der Waals surface area contributed by atoms with Crippen LogP contribution in [0.25, 0.3) is 10.9 Å². The molecule has 8 N–H and O–H groups in total. The van der Waals surface area contributed by atoms with Crippen molar-refractivity contribution in [2.75, 3.05) is 5.75 Å². The van der Waals surface area contributed by atoms with Gasteiger partial charge in [-0.25, -0.2) is 9.78 Å². The van der Waals surface area contributed by atoms with Crippen molar-refractivity contribution in [1.82, 2.24) is 30.9 Å². The number of carbonyl (C=O) groups is 4. The number of amides is 3. The lowest BCUT2D eigenvalue weighted by Gasteiger charge is -2.23. The van der Waals surface area contributed by atoms with E-state index in [0.717, 1.165) is 16.5 Å². The molecule has 2 aromatic heterocycles. The summed E-state index contributed by atoms with van der Waals surface area (Å²) < 4.78 is 0. The number of hydrogen-bond acceptors (Lipinski definition) is 7. The van der Waals surface area contributed by atoms with Crippen LogP contribution in [0.1, 0.15) is 18.2 Å². The van der Waals surface area contributed by atoms with E-state index in [2.05, 4.69) is 43.5 Å². The molecule has 0 saturated carbocycles. The Hall–Kier alpha value is -3.84. The fourth-order valence-corrected chi connectivity index (χ4v) is 3.75. The quantitative estimate of drug-likeness (QED) is 0.149. The highest BCUT2D eigenvalue weighted by molar-refractivity contribution is 7.80. The Bertz CT molecular complexity index is 1210.